The van der Waals surface area contributed by atoms with E-state index in [0.717, 1.165) is 0 Å². The molecule has 0 heterocycles. The zero-order valence-corrected chi connectivity index (χ0v) is 15.5. The molecular formula is C10H10Br4O3. The SMILES string of the molecule is C[C@@]1(C(=O)OC(=O)[C@]2(C)CC2(Br)Br)CC1(Br)Br. The molecule has 0 N–H and O–H groups in total. The van der Waals surface area contributed by atoms with Crippen LogP contribution in [0.2, 0.25) is 0 Å². The summed E-state index contributed by atoms with van der Waals surface area (Å²) in [5.74, 6) is -0.972. The number of hydrogen-bond acceptors (Lipinski definition) is 3. The molecule has 17 heavy (non-hydrogen) atoms. The summed E-state index contributed by atoms with van der Waals surface area (Å²) in [6, 6.07) is 0. The van der Waals surface area contributed by atoms with E-state index in [1.165, 1.54) is 0 Å². The molecule has 0 spiro atoms. The van der Waals surface area contributed by atoms with Gasteiger partial charge in [-0.3, -0.25) is 9.59 Å². The summed E-state index contributed by atoms with van der Waals surface area (Å²) in [6.45, 7) is 3.52. The molecule has 0 amide bonds. The van der Waals surface area contributed by atoms with Crippen molar-refractivity contribution >= 4 is 75.7 Å². The van der Waals surface area contributed by atoms with E-state index in [4.69, 9.17) is 4.74 Å². The molecule has 0 radical (unpaired) electrons. The molecule has 0 bridgehead atoms. The van der Waals surface area contributed by atoms with Gasteiger partial charge in [0.2, 0.25) is 0 Å². The fourth-order valence-electron chi connectivity index (χ4n) is 1.55. The van der Waals surface area contributed by atoms with Crippen LogP contribution in [-0.2, 0) is 14.3 Å². The van der Waals surface area contributed by atoms with Gasteiger partial charge in [0.1, 0.15) is 0 Å². The fraction of sp³-hybridized carbons (Fsp3) is 0.800. The maximum Gasteiger partial charge on any atom is 0.321 e. The van der Waals surface area contributed by atoms with Crippen molar-refractivity contribution in [2.45, 2.75) is 33.2 Å². The molecule has 96 valence electrons. The molecule has 2 rings (SSSR count). The molecule has 0 aromatic heterocycles. The topological polar surface area (TPSA) is 43.4 Å². The van der Waals surface area contributed by atoms with Crippen LogP contribution in [0.1, 0.15) is 26.7 Å². The molecule has 2 aliphatic rings. The van der Waals surface area contributed by atoms with E-state index in [0.29, 0.717) is 12.8 Å². The Morgan fingerprint density at radius 3 is 1.29 bits per heavy atom. The summed E-state index contributed by atoms with van der Waals surface area (Å²) < 4.78 is 4.11. The van der Waals surface area contributed by atoms with Crippen LogP contribution in [0.15, 0.2) is 0 Å². The first-order valence-electron chi connectivity index (χ1n) is 4.99. The summed E-state index contributed by atoms with van der Waals surface area (Å²) in [7, 11) is 0. The van der Waals surface area contributed by atoms with Crippen molar-refractivity contribution < 1.29 is 14.3 Å². The van der Waals surface area contributed by atoms with Crippen molar-refractivity contribution in [3.63, 3.8) is 0 Å². The summed E-state index contributed by atoms with van der Waals surface area (Å²) in [6.07, 6.45) is 1.22. The normalized spacial score (nSPS) is 40.6. The molecule has 0 unspecified atom stereocenters. The van der Waals surface area contributed by atoms with Gasteiger partial charge in [0.15, 0.2) is 0 Å². The van der Waals surface area contributed by atoms with Crippen molar-refractivity contribution in [2.24, 2.45) is 10.8 Å². The molecule has 2 fully saturated rings. The smallest absolute Gasteiger partial charge is 0.321 e. The van der Waals surface area contributed by atoms with Gasteiger partial charge >= 0.3 is 11.9 Å². The highest BCUT2D eigenvalue weighted by Crippen LogP contribution is 2.69. The fourth-order valence-corrected chi connectivity index (χ4v) is 4.44. The molecule has 7 heteroatoms. The minimum atomic E-state index is -0.671. The highest BCUT2D eigenvalue weighted by Gasteiger charge is 2.71. The second-order valence-electron chi connectivity index (χ2n) is 5.10. The number of rotatable bonds is 2. The van der Waals surface area contributed by atoms with E-state index in [1.807, 2.05) is 0 Å². The summed E-state index contributed by atoms with van der Waals surface area (Å²) >= 11 is 13.5. The number of halogens is 4. The second kappa shape index (κ2) is 3.79. The van der Waals surface area contributed by atoms with Crippen molar-refractivity contribution in [3.05, 3.63) is 0 Å². The Morgan fingerprint density at radius 1 is 0.882 bits per heavy atom. The van der Waals surface area contributed by atoms with Crippen LogP contribution in [0.3, 0.4) is 0 Å². The third kappa shape index (κ3) is 2.09. The monoisotopic (exact) mass is 494 g/mol. The Balaban J connectivity index is 2.01. The van der Waals surface area contributed by atoms with E-state index >= 15 is 0 Å². The first-order valence-corrected chi connectivity index (χ1v) is 8.16. The molecule has 0 saturated heterocycles. The van der Waals surface area contributed by atoms with Crippen LogP contribution in [0, 0.1) is 10.8 Å². The Morgan fingerprint density at radius 2 is 1.12 bits per heavy atom. The van der Waals surface area contributed by atoms with Gasteiger partial charge in [-0.1, -0.05) is 63.7 Å². The van der Waals surface area contributed by atoms with E-state index in [1.54, 1.807) is 13.8 Å². The lowest BCUT2D eigenvalue weighted by atomic mass is 10.1. The van der Waals surface area contributed by atoms with E-state index in [2.05, 4.69) is 63.7 Å². The molecule has 2 saturated carbocycles. The third-order valence-corrected chi connectivity index (χ3v) is 8.22. The average molecular weight is 498 g/mol. The van der Waals surface area contributed by atoms with Crippen LogP contribution in [0.25, 0.3) is 0 Å². The number of alkyl halides is 4. The van der Waals surface area contributed by atoms with Crippen molar-refractivity contribution in [2.75, 3.05) is 0 Å². The Hall–Kier alpha value is 1.06. The molecule has 3 nitrogen and oxygen atoms in total. The summed E-state index contributed by atoms with van der Waals surface area (Å²) in [5.41, 5.74) is -1.34. The maximum absolute atomic E-state index is 11.9. The zero-order chi connectivity index (χ0) is 13.3. The van der Waals surface area contributed by atoms with Gasteiger partial charge in [-0.05, 0) is 26.7 Å². The molecule has 2 atom stereocenters. The van der Waals surface area contributed by atoms with Gasteiger partial charge in [-0.25, -0.2) is 0 Å². The van der Waals surface area contributed by atoms with Gasteiger partial charge in [-0.2, -0.15) is 0 Å². The van der Waals surface area contributed by atoms with E-state index < -0.39 is 29.2 Å². The van der Waals surface area contributed by atoms with Gasteiger partial charge in [0.05, 0.1) is 17.3 Å². The zero-order valence-electron chi connectivity index (χ0n) is 9.15. The largest absolute Gasteiger partial charge is 0.392 e. The minimum absolute atomic E-state index is 0.436. The van der Waals surface area contributed by atoms with Crippen molar-refractivity contribution in [3.8, 4) is 0 Å². The molecule has 0 aliphatic heterocycles. The molecule has 0 aromatic carbocycles. The second-order valence-corrected chi connectivity index (χ2v) is 12.6. The number of esters is 2. The average Bonchev–Trinajstić information content (AvgIpc) is 2.85. The lowest BCUT2D eigenvalue weighted by Crippen LogP contribution is -2.29. The number of ether oxygens (including phenoxy) is 1. The molecule has 2 aliphatic carbocycles. The lowest BCUT2D eigenvalue weighted by molar-refractivity contribution is -0.166. The summed E-state index contributed by atoms with van der Waals surface area (Å²) in [4.78, 5) is 23.8. The van der Waals surface area contributed by atoms with Gasteiger partial charge in [-0.15, -0.1) is 0 Å². The Kier molecular flexibility index (Phi) is 3.23. The number of carbonyl (C=O) groups is 2. The number of carbonyl (C=O) groups excluding carboxylic acids is 2. The predicted octanol–water partition coefficient (Wildman–Crippen LogP) is 3.85. The summed E-state index contributed by atoms with van der Waals surface area (Å²) in [5, 5.41) is 0. The highest BCUT2D eigenvalue weighted by atomic mass is 79.9. The highest BCUT2D eigenvalue weighted by molar-refractivity contribution is 9.26. The Bertz CT molecular complexity index is 382. The standard InChI is InChI=1S/C10H10Br4O3/c1-7(3-9(7,11)12)5(15)17-6(16)8(2)4-10(8,13)14/h3-4H2,1-2H3/t7-,8-/m0/s1. The maximum atomic E-state index is 11.9. The van der Waals surface area contributed by atoms with Crippen LogP contribution in [-0.4, -0.2) is 18.4 Å². The van der Waals surface area contributed by atoms with Crippen LogP contribution in [0.4, 0.5) is 0 Å². The van der Waals surface area contributed by atoms with Gasteiger partial charge < -0.3 is 4.74 Å². The lowest BCUT2D eigenvalue weighted by Gasteiger charge is -2.14. The van der Waals surface area contributed by atoms with E-state index in [9.17, 15) is 9.59 Å². The van der Waals surface area contributed by atoms with Crippen LogP contribution >= 0.6 is 63.7 Å². The predicted molar refractivity (Wildman–Crippen MR) is 77.7 cm³/mol. The van der Waals surface area contributed by atoms with Gasteiger partial charge in [0, 0.05) is 0 Å². The first-order chi connectivity index (χ1) is 7.46. The third-order valence-electron chi connectivity index (χ3n) is 3.60. The Labute approximate surface area is 133 Å². The number of hydrogen-bond donors (Lipinski definition) is 0. The molecule has 0 aromatic rings. The van der Waals surface area contributed by atoms with Gasteiger partial charge in [0.25, 0.3) is 0 Å². The van der Waals surface area contributed by atoms with Crippen LogP contribution in [0.5, 0.6) is 0 Å². The van der Waals surface area contributed by atoms with E-state index in [-0.39, 0.29) is 0 Å². The van der Waals surface area contributed by atoms with Crippen molar-refractivity contribution in [1.29, 1.82) is 0 Å². The molecular weight excluding hydrogens is 488 g/mol. The minimum Gasteiger partial charge on any atom is -0.392 e. The first kappa shape index (κ1) is 14.5. The quantitative estimate of drug-likeness (QED) is 0.331. The van der Waals surface area contributed by atoms with Crippen LogP contribution < -0.4 is 0 Å². The van der Waals surface area contributed by atoms with Crippen molar-refractivity contribution in [1.82, 2.24) is 0 Å².